The number of nitrogens with zero attached hydrogens (tertiary/aromatic N) is 2. The second kappa shape index (κ2) is 8.87. The molecule has 0 heterocycles. The van der Waals surface area contributed by atoms with Crippen LogP contribution in [-0.2, 0) is 4.79 Å². The molecule has 0 aliphatic heterocycles. The zero-order chi connectivity index (χ0) is 18.9. The van der Waals surface area contributed by atoms with Gasteiger partial charge in [-0.15, -0.1) is 0 Å². The normalized spacial score (nSPS) is 10.3. The molecule has 3 amide bonds. The van der Waals surface area contributed by atoms with Crippen molar-refractivity contribution in [3.63, 3.8) is 0 Å². The quantitative estimate of drug-likeness (QED) is 0.414. The van der Waals surface area contributed by atoms with Crippen LogP contribution in [0.1, 0.15) is 5.56 Å². The number of nitro groups is 1. The predicted molar refractivity (Wildman–Crippen MR) is 92.3 cm³/mol. The maximum absolute atomic E-state index is 12.7. The van der Waals surface area contributed by atoms with Crippen LogP contribution in [0, 0.1) is 15.9 Å². The molecule has 2 aromatic rings. The Bertz CT molecular complexity index is 839. The van der Waals surface area contributed by atoms with Gasteiger partial charge in [0.15, 0.2) is 0 Å². The van der Waals surface area contributed by atoms with Gasteiger partial charge in [-0.3, -0.25) is 14.9 Å². The number of hydrogen-bond donors (Lipinski definition) is 3. The Morgan fingerprint density at radius 2 is 1.92 bits per heavy atom. The number of carbonyl (C=O) groups excluding carboxylic acids is 2. The molecule has 0 bridgehead atoms. The summed E-state index contributed by atoms with van der Waals surface area (Å²) < 4.78 is 12.7. The van der Waals surface area contributed by atoms with Crippen LogP contribution in [0.4, 0.5) is 20.6 Å². The maximum Gasteiger partial charge on any atom is 0.319 e. The Morgan fingerprint density at radius 1 is 1.19 bits per heavy atom. The summed E-state index contributed by atoms with van der Waals surface area (Å²) >= 11 is 0. The molecule has 0 radical (unpaired) electrons. The number of carbonyl (C=O) groups is 2. The number of nitrogens with one attached hydrogen (secondary N) is 3. The number of non-ortho nitro benzene ring substituents is 1. The number of hydrazone groups is 1. The van der Waals surface area contributed by atoms with Gasteiger partial charge in [0.1, 0.15) is 12.4 Å². The standard InChI is InChI=1S/C16H14FN5O4/c17-12-6-4-11(5-7-12)9-19-21-15(23)10-18-16(24)20-13-2-1-3-14(8-13)22(25)26/h1-9H,10H2,(H,21,23)(H2,18,20,24). The molecule has 2 aromatic carbocycles. The Kier molecular flexibility index (Phi) is 6.32. The molecule has 0 aliphatic rings. The molecule has 2 rings (SSSR count). The molecule has 0 atom stereocenters. The second-order valence-corrected chi connectivity index (χ2v) is 4.96. The molecule has 9 nitrogen and oxygen atoms in total. The highest BCUT2D eigenvalue weighted by molar-refractivity contribution is 5.92. The van der Waals surface area contributed by atoms with E-state index in [0.717, 1.165) is 0 Å². The van der Waals surface area contributed by atoms with Gasteiger partial charge in [0.05, 0.1) is 11.1 Å². The van der Waals surface area contributed by atoms with E-state index in [0.29, 0.717) is 5.56 Å². The van der Waals surface area contributed by atoms with E-state index in [-0.39, 0.29) is 23.7 Å². The average molecular weight is 359 g/mol. The Balaban J connectivity index is 1.76. The van der Waals surface area contributed by atoms with Gasteiger partial charge in [0.2, 0.25) is 0 Å². The van der Waals surface area contributed by atoms with Crippen molar-refractivity contribution < 1.29 is 18.9 Å². The molecule has 10 heteroatoms. The first-order valence-electron chi connectivity index (χ1n) is 7.31. The van der Waals surface area contributed by atoms with E-state index in [4.69, 9.17) is 0 Å². The number of hydrogen-bond acceptors (Lipinski definition) is 5. The molecule has 0 saturated heterocycles. The van der Waals surface area contributed by atoms with Crippen molar-refractivity contribution in [1.82, 2.24) is 10.7 Å². The van der Waals surface area contributed by atoms with E-state index in [2.05, 4.69) is 21.2 Å². The molecule has 0 unspecified atom stereocenters. The minimum Gasteiger partial charge on any atom is -0.329 e. The second-order valence-electron chi connectivity index (χ2n) is 4.96. The van der Waals surface area contributed by atoms with Crippen molar-refractivity contribution in [2.75, 3.05) is 11.9 Å². The molecular weight excluding hydrogens is 345 g/mol. The van der Waals surface area contributed by atoms with Gasteiger partial charge >= 0.3 is 6.03 Å². The summed E-state index contributed by atoms with van der Waals surface area (Å²) in [7, 11) is 0. The lowest BCUT2D eigenvalue weighted by atomic mass is 10.2. The third kappa shape index (κ3) is 6.00. The lowest BCUT2D eigenvalue weighted by Gasteiger charge is -2.06. The summed E-state index contributed by atoms with van der Waals surface area (Å²) in [5.41, 5.74) is 2.82. The first kappa shape index (κ1) is 18.5. The van der Waals surface area contributed by atoms with Gasteiger partial charge in [-0.25, -0.2) is 14.6 Å². The smallest absolute Gasteiger partial charge is 0.319 e. The van der Waals surface area contributed by atoms with Crippen LogP contribution in [0.15, 0.2) is 53.6 Å². The number of halogens is 1. The predicted octanol–water partition coefficient (Wildman–Crippen LogP) is 2.01. The summed E-state index contributed by atoms with van der Waals surface area (Å²) in [5, 5.41) is 19.0. The lowest BCUT2D eigenvalue weighted by Crippen LogP contribution is -2.37. The van der Waals surface area contributed by atoms with Crippen LogP contribution in [0.3, 0.4) is 0 Å². The van der Waals surface area contributed by atoms with Gasteiger partial charge in [-0.1, -0.05) is 18.2 Å². The van der Waals surface area contributed by atoms with Crippen molar-refractivity contribution in [1.29, 1.82) is 0 Å². The van der Waals surface area contributed by atoms with Crippen molar-refractivity contribution in [3.05, 3.63) is 70.0 Å². The number of amides is 3. The average Bonchev–Trinajstić information content (AvgIpc) is 2.62. The number of urea groups is 1. The lowest BCUT2D eigenvalue weighted by molar-refractivity contribution is -0.384. The minimum atomic E-state index is -0.705. The summed E-state index contributed by atoms with van der Waals surface area (Å²) in [4.78, 5) is 33.3. The highest BCUT2D eigenvalue weighted by Crippen LogP contribution is 2.16. The summed E-state index contributed by atoms with van der Waals surface area (Å²) in [5.74, 6) is -0.970. The maximum atomic E-state index is 12.7. The molecule has 0 fully saturated rings. The third-order valence-corrected chi connectivity index (χ3v) is 3.00. The third-order valence-electron chi connectivity index (χ3n) is 3.00. The Hall–Kier alpha value is -3.82. The van der Waals surface area contributed by atoms with Crippen molar-refractivity contribution in [2.45, 2.75) is 0 Å². The van der Waals surface area contributed by atoms with E-state index in [1.165, 1.54) is 54.7 Å². The summed E-state index contributed by atoms with van der Waals surface area (Å²) in [6.07, 6.45) is 1.32. The van der Waals surface area contributed by atoms with Crippen LogP contribution in [0.5, 0.6) is 0 Å². The van der Waals surface area contributed by atoms with E-state index in [1.807, 2.05) is 0 Å². The van der Waals surface area contributed by atoms with E-state index < -0.39 is 16.9 Å². The fourth-order valence-corrected chi connectivity index (χ4v) is 1.80. The van der Waals surface area contributed by atoms with Crippen LogP contribution < -0.4 is 16.1 Å². The minimum absolute atomic E-state index is 0.171. The Morgan fingerprint density at radius 3 is 2.62 bits per heavy atom. The zero-order valence-electron chi connectivity index (χ0n) is 13.3. The number of nitro benzene ring substituents is 1. The summed E-state index contributed by atoms with van der Waals surface area (Å²) in [6.45, 7) is -0.360. The van der Waals surface area contributed by atoms with Gasteiger partial charge in [-0.05, 0) is 23.8 Å². The van der Waals surface area contributed by atoms with Crippen LogP contribution in [0.2, 0.25) is 0 Å². The molecule has 134 valence electrons. The van der Waals surface area contributed by atoms with Crippen LogP contribution in [-0.4, -0.2) is 29.6 Å². The van der Waals surface area contributed by atoms with Crippen LogP contribution >= 0.6 is 0 Å². The van der Waals surface area contributed by atoms with Gasteiger partial charge in [0.25, 0.3) is 11.6 Å². The SMILES string of the molecule is O=C(CNC(=O)Nc1cccc([N+](=O)[O-])c1)NN=Cc1ccc(F)cc1. The molecule has 0 saturated carbocycles. The highest BCUT2D eigenvalue weighted by atomic mass is 19.1. The first-order valence-corrected chi connectivity index (χ1v) is 7.31. The van der Waals surface area contributed by atoms with Crippen LogP contribution in [0.25, 0.3) is 0 Å². The van der Waals surface area contributed by atoms with Gasteiger partial charge < -0.3 is 10.6 Å². The topological polar surface area (TPSA) is 126 Å². The van der Waals surface area contributed by atoms with E-state index in [9.17, 15) is 24.1 Å². The molecule has 0 spiro atoms. The number of rotatable bonds is 6. The first-order chi connectivity index (χ1) is 12.4. The fourth-order valence-electron chi connectivity index (χ4n) is 1.80. The molecule has 3 N–H and O–H groups in total. The molecule has 0 aliphatic carbocycles. The van der Waals surface area contributed by atoms with Crippen molar-refractivity contribution in [2.24, 2.45) is 5.10 Å². The van der Waals surface area contributed by atoms with Crippen molar-refractivity contribution in [3.8, 4) is 0 Å². The van der Waals surface area contributed by atoms with E-state index >= 15 is 0 Å². The van der Waals surface area contributed by atoms with Gasteiger partial charge in [0, 0.05) is 17.8 Å². The fraction of sp³-hybridized carbons (Fsp3) is 0.0625. The number of benzene rings is 2. The monoisotopic (exact) mass is 359 g/mol. The van der Waals surface area contributed by atoms with E-state index in [1.54, 1.807) is 0 Å². The zero-order valence-corrected chi connectivity index (χ0v) is 13.3. The highest BCUT2D eigenvalue weighted by Gasteiger charge is 2.09. The number of anilines is 1. The Labute approximate surface area is 147 Å². The van der Waals surface area contributed by atoms with Crippen molar-refractivity contribution >= 4 is 29.5 Å². The molecule has 0 aromatic heterocycles. The largest absolute Gasteiger partial charge is 0.329 e. The summed E-state index contributed by atoms with van der Waals surface area (Å²) in [6, 6.07) is 10.1. The van der Waals surface area contributed by atoms with Gasteiger partial charge in [-0.2, -0.15) is 5.10 Å². The molecule has 26 heavy (non-hydrogen) atoms. The molecular formula is C16H14FN5O4.